The van der Waals surface area contributed by atoms with Gasteiger partial charge in [-0.15, -0.1) is 11.3 Å². The smallest absolute Gasteiger partial charge is 0.326 e. The van der Waals surface area contributed by atoms with E-state index in [4.69, 9.17) is 0 Å². The monoisotopic (exact) mass is 473 g/mol. The molecule has 2 fully saturated rings. The molecule has 3 aromatic heterocycles. The number of hydrogen-bond acceptors (Lipinski definition) is 7. The van der Waals surface area contributed by atoms with Crippen molar-refractivity contribution in [3.05, 3.63) is 40.5 Å². The second kappa shape index (κ2) is 8.24. The van der Waals surface area contributed by atoms with E-state index in [1.54, 1.807) is 22.7 Å². The van der Waals surface area contributed by atoms with Crippen LogP contribution in [0, 0.1) is 0 Å². The van der Waals surface area contributed by atoms with Crippen molar-refractivity contribution in [3.8, 4) is 10.6 Å². The molecular weight excluding hydrogens is 456 g/mol. The van der Waals surface area contributed by atoms with E-state index in [0.29, 0.717) is 33.6 Å². The van der Waals surface area contributed by atoms with Gasteiger partial charge in [-0.05, 0) is 31.1 Å². The first-order valence-corrected chi connectivity index (χ1v) is 10.8. The molecule has 0 bridgehead atoms. The van der Waals surface area contributed by atoms with Gasteiger partial charge in [-0.3, -0.25) is 14.9 Å². The van der Waals surface area contributed by atoms with Gasteiger partial charge in [-0.25, -0.2) is 18.6 Å². The Morgan fingerprint density at radius 3 is 2.82 bits per heavy atom. The third-order valence-electron chi connectivity index (χ3n) is 4.95. The number of nitrogens with one attached hydrogen (secondary N) is 4. The van der Waals surface area contributed by atoms with Crippen LogP contribution in [0.4, 0.5) is 19.4 Å². The first-order chi connectivity index (χ1) is 15.9. The molecule has 0 radical (unpaired) electrons. The number of halogens is 2. The summed E-state index contributed by atoms with van der Waals surface area (Å²) in [6.07, 6.45) is 2.44. The Morgan fingerprint density at radius 1 is 1.30 bits per heavy atom. The summed E-state index contributed by atoms with van der Waals surface area (Å²) in [5.41, 5.74) is 1.57. The van der Waals surface area contributed by atoms with Gasteiger partial charge in [0.1, 0.15) is 11.5 Å². The van der Waals surface area contributed by atoms with E-state index in [9.17, 15) is 23.2 Å². The lowest BCUT2D eigenvalue weighted by Gasteiger charge is -2.09. The molecule has 4 amide bonds. The minimum Gasteiger partial charge on any atom is -0.367 e. The van der Waals surface area contributed by atoms with Gasteiger partial charge in [0.2, 0.25) is 0 Å². The molecule has 13 heteroatoms. The van der Waals surface area contributed by atoms with Crippen molar-refractivity contribution in [1.29, 1.82) is 0 Å². The van der Waals surface area contributed by atoms with Crippen LogP contribution < -0.4 is 21.3 Å². The second-order valence-corrected chi connectivity index (χ2v) is 8.60. The number of rotatable bonds is 7. The number of fused-ring (bicyclic) bond motifs is 1. The number of nitrogens with zero attached hydrogens (tertiary/aromatic N) is 3. The summed E-state index contributed by atoms with van der Waals surface area (Å²) < 4.78 is 26.4. The Bertz CT molecular complexity index is 1310. The van der Waals surface area contributed by atoms with Crippen molar-refractivity contribution in [2.75, 3.05) is 11.9 Å². The summed E-state index contributed by atoms with van der Waals surface area (Å²) in [6, 6.07) is 4.75. The SMILES string of the molecule is O=C1NC(=O)/C(=C/c2cnn3c(NC4CC4)cc(-c4ccc(C(=O)NCC(F)F)s4)nc23)N1. The number of carbonyl (C=O) groups excluding carboxylic acids is 3. The molecule has 0 spiro atoms. The first kappa shape index (κ1) is 21.0. The molecule has 10 nitrogen and oxygen atoms in total. The standard InChI is InChI=1S/C20H17F2N7O3S/c21-15(22)8-23-19(31)14-4-3-13(33-14)11-6-16(25-10-1-2-10)29-17(26-11)9(7-24-29)5-12-18(30)28-20(32)27-12/h3-7,10,15,25H,1-2,8H2,(H,23,31)(H2,27,28,30,32)/b12-5-. The number of imide groups is 1. The molecule has 1 saturated carbocycles. The Labute approximate surface area is 189 Å². The number of urea groups is 1. The van der Waals surface area contributed by atoms with Crippen LogP contribution in [-0.4, -0.2) is 51.5 Å². The maximum Gasteiger partial charge on any atom is 0.326 e. The Balaban J connectivity index is 1.53. The van der Waals surface area contributed by atoms with E-state index < -0.39 is 30.8 Å². The number of thiophene rings is 1. The third-order valence-corrected chi connectivity index (χ3v) is 6.05. The highest BCUT2D eigenvalue weighted by Gasteiger charge is 2.26. The highest BCUT2D eigenvalue weighted by atomic mass is 32.1. The number of hydrogen-bond donors (Lipinski definition) is 4. The highest BCUT2D eigenvalue weighted by molar-refractivity contribution is 7.17. The molecule has 1 aliphatic heterocycles. The number of carbonyl (C=O) groups is 3. The zero-order valence-corrected chi connectivity index (χ0v) is 17.7. The predicted molar refractivity (Wildman–Crippen MR) is 116 cm³/mol. The van der Waals surface area contributed by atoms with Gasteiger partial charge < -0.3 is 16.0 Å². The molecule has 33 heavy (non-hydrogen) atoms. The Kier molecular flexibility index (Phi) is 5.24. The molecular formula is C20H17F2N7O3S. The van der Waals surface area contributed by atoms with E-state index in [2.05, 4.69) is 31.3 Å². The molecule has 0 atom stereocenters. The van der Waals surface area contributed by atoms with E-state index in [1.165, 1.54) is 12.3 Å². The molecule has 170 valence electrons. The van der Waals surface area contributed by atoms with E-state index in [0.717, 1.165) is 24.2 Å². The van der Waals surface area contributed by atoms with Crippen molar-refractivity contribution >= 4 is 46.7 Å². The minimum absolute atomic E-state index is 0.0768. The average Bonchev–Trinajstić information content (AvgIpc) is 3.16. The molecule has 4 N–H and O–H groups in total. The molecule has 0 aromatic carbocycles. The maximum atomic E-state index is 12.4. The molecule has 2 aliphatic rings. The van der Waals surface area contributed by atoms with Crippen LogP contribution >= 0.6 is 11.3 Å². The van der Waals surface area contributed by atoms with Gasteiger partial charge in [0, 0.05) is 17.7 Å². The van der Waals surface area contributed by atoms with Crippen molar-refractivity contribution in [3.63, 3.8) is 0 Å². The largest absolute Gasteiger partial charge is 0.367 e. The summed E-state index contributed by atoms with van der Waals surface area (Å²) in [6.45, 7) is -0.719. The summed E-state index contributed by atoms with van der Waals surface area (Å²) >= 11 is 1.13. The lowest BCUT2D eigenvalue weighted by Crippen LogP contribution is -2.27. The van der Waals surface area contributed by atoms with Gasteiger partial charge in [-0.2, -0.15) is 9.61 Å². The summed E-state index contributed by atoms with van der Waals surface area (Å²) in [5, 5.41) is 14.5. The van der Waals surface area contributed by atoms with Crippen LogP contribution in [0.3, 0.4) is 0 Å². The Morgan fingerprint density at radius 2 is 2.12 bits per heavy atom. The number of amides is 4. The number of aromatic nitrogens is 3. The van der Waals surface area contributed by atoms with Gasteiger partial charge in [-0.1, -0.05) is 0 Å². The molecule has 0 unspecified atom stereocenters. The zero-order chi connectivity index (χ0) is 23.1. The van der Waals surface area contributed by atoms with E-state index >= 15 is 0 Å². The fourth-order valence-electron chi connectivity index (χ4n) is 3.24. The topological polar surface area (TPSA) is 130 Å². The molecule has 4 heterocycles. The van der Waals surface area contributed by atoms with E-state index in [1.807, 2.05) is 0 Å². The number of alkyl halides is 2. The van der Waals surface area contributed by atoms with Crippen LogP contribution in [0.15, 0.2) is 30.1 Å². The van der Waals surface area contributed by atoms with Crippen molar-refractivity contribution in [2.24, 2.45) is 0 Å². The summed E-state index contributed by atoms with van der Waals surface area (Å²) in [5.74, 6) is -0.453. The van der Waals surface area contributed by atoms with Gasteiger partial charge in [0.25, 0.3) is 18.2 Å². The van der Waals surface area contributed by atoms with Crippen molar-refractivity contribution < 1.29 is 23.2 Å². The van der Waals surface area contributed by atoms with Gasteiger partial charge >= 0.3 is 6.03 Å². The molecule has 3 aromatic rings. The molecule has 1 saturated heterocycles. The van der Waals surface area contributed by atoms with Crippen LogP contribution in [0.5, 0.6) is 0 Å². The van der Waals surface area contributed by atoms with Crippen molar-refractivity contribution in [2.45, 2.75) is 25.3 Å². The predicted octanol–water partition coefficient (Wildman–Crippen LogP) is 2.21. The van der Waals surface area contributed by atoms with Crippen molar-refractivity contribution in [1.82, 2.24) is 30.5 Å². The maximum absolute atomic E-state index is 12.4. The first-order valence-electron chi connectivity index (χ1n) is 10.0. The van der Waals surface area contributed by atoms with E-state index in [-0.39, 0.29) is 10.6 Å². The average molecular weight is 473 g/mol. The lowest BCUT2D eigenvalue weighted by atomic mass is 10.2. The highest BCUT2D eigenvalue weighted by Crippen LogP contribution is 2.32. The Hall–Kier alpha value is -3.87. The normalized spacial score (nSPS) is 17.0. The van der Waals surface area contributed by atoms with Crippen LogP contribution in [-0.2, 0) is 4.79 Å². The lowest BCUT2D eigenvalue weighted by molar-refractivity contribution is -0.115. The van der Waals surface area contributed by atoms with Crippen LogP contribution in [0.2, 0.25) is 0 Å². The fourth-order valence-corrected chi connectivity index (χ4v) is 4.12. The summed E-state index contributed by atoms with van der Waals surface area (Å²) in [4.78, 5) is 41.1. The third kappa shape index (κ3) is 4.39. The van der Waals surface area contributed by atoms with Gasteiger partial charge in [0.15, 0.2) is 5.65 Å². The van der Waals surface area contributed by atoms with Crippen LogP contribution in [0.1, 0.15) is 28.1 Å². The minimum atomic E-state index is -2.63. The van der Waals surface area contributed by atoms with Gasteiger partial charge in [0.05, 0.1) is 28.2 Å². The molecule has 5 rings (SSSR count). The fraction of sp³-hybridized carbons (Fsp3) is 0.250. The zero-order valence-electron chi connectivity index (χ0n) is 16.9. The summed E-state index contributed by atoms with van der Waals surface area (Å²) in [7, 11) is 0. The van der Waals surface area contributed by atoms with Crippen LogP contribution in [0.25, 0.3) is 22.3 Å². The quantitative estimate of drug-likeness (QED) is 0.308. The molecule has 1 aliphatic carbocycles. The second-order valence-electron chi connectivity index (χ2n) is 7.51. The number of anilines is 1.